The molecule has 0 fully saturated rings. The maximum absolute atomic E-state index is 11.8. The number of benzene rings is 1. The minimum Gasteiger partial charge on any atom is -0.489 e. The number of ether oxygens (including phenoxy) is 2. The second-order valence-electron chi connectivity index (χ2n) is 6.30. The van der Waals surface area contributed by atoms with E-state index in [4.69, 9.17) is 14.0 Å². The SMILES string of the molecule is Cc1noc(C)c1COc1ccc(CC(=O)OCC(=O)NC(C)C)cc1. The van der Waals surface area contributed by atoms with Crippen LogP contribution in [0.2, 0.25) is 0 Å². The Kier molecular flexibility index (Phi) is 6.77. The summed E-state index contributed by atoms with van der Waals surface area (Å²) in [4.78, 5) is 23.2. The molecule has 7 heteroatoms. The van der Waals surface area contributed by atoms with Crippen LogP contribution >= 0.6 is 0 Å². The molecule has 0 bridgehead atoms. The lowest BCUT2D eigenvalue weighted by Gasteiger charge is -2.09. The van der Waals surface area contributed by atoms with Crippen LogP contribution in [0.25, 0.3) is 0 Å². The summed E-state index contributed by atoms with van der Waals surface area (Å²) in [7, 11) is 0. The molecule has 0 atom stereocenters. The Morgan fingerprint density at radius 1 is 1.19 bits per heavy atom. The van der Waals surface area contributed by atoms with Gasteiger partial charge in [0.05, 0.1) is 17.7 Å². The van der Waals surface area contributed by atoms with E-state index in [9.17, 15) is 9.59 Å². The number of nitrogens with zero attached hydrogens (tertiary/aromatic N) is 1. The highest BCUT2D eigenvalue weighted by Gasteiger charge is 2.11. The van der Waals surface area contributed by atoms with Gasteiger partial charge < -0.3 is 19.3 Å². The summed E-state index contributed by atoms with van der Waals surface area (Å²) in [5, 5.41) is 6.54. The molecule has 0 saturated heterocycles. The third kappa shape index (κ3) is 5.91. The third-order valence-corrected chi connectivity index (χ3v) is 3.65. The maximum atomic E-state index is 11.8. The van der Waals surface area contributed by atoms with E-state index < -0.39 is 5.97 Å². The lowest BCUT2D eigenvalue weighted by atomic mass is 10.1. The third-order valence-electron chi connectivity index (χ3n) is 3.65. The topological polar surface area (TPSA) is 90.7 Å². The summed E-state index contributed by atoms with van der Waals surface area (Å²) in [5.41, 5.74) is 2.52. The van der Waals surface area contributed by atoms with Crippen LogP contribution in [0.5, 0.6) is 5.75 Å². The van der Waals surface area contributed by atoms with Crippen LogP contribution in [0.15, 0.2) is 28.8 Å². The zero-order valence-electron chi connectivity index (χ0n) is 15.5. The normalized spacial score (nSPS) is 10.7. The first-order chi connectivity index (χ1) is 12.3. The van der Waals surface area contributed by atoms with Crippen molar-refractivity contribution in [2.24, 2.45) is 0 Å². The first-order valence-corrected chi connectivity index (χ1v) is 8.43. The van der Waals surface area contributed by atoms with E-state index in [1.165, 1.54) is 0 Å². The second-order valence-corrected chi connectivity index (χ2v) is 6.30. The Labute approximate surface area is 152 Å². The maximum Gasteiger partial charge on any atom is 0.310 e. The molecule has 1 N–H and O–H groups in total. The molecule has 1 amide bonds. The molecule has 0 radical (unpaired) electrons. The van der Waals surface area contributed by atoms with E-state index >= 15 is 0 Å². The molecule has 1 aromatic heterocycles. The van der Waals surface area contributed by atoms with Gasteiger partial charge in [0, 0.05) is 6.04 Å². The highest BCUT2D eigenvalue weighted by atomic mass is 16.5. The van der Waals surface area contributed by atoms with E-state index in [1.54, 1.807) is 24.3 Å². The molecular weight excluding hydrogens is 336 g/mol. The van der Waals surface area contributed by atoms with E-state index in [-0.39, 0.29) is 25.0 Å². The first-order valence-electron chi connectivity index (χ1n) is 8.43. The molecule has 140 valence electrons. The van der Waals surface area contributed by atoms with Gasteiger partial charge >= 0.3 is 5.97 Å². The quantitative estimate of drug-likeness (QED) is 0.727. The summed E-state index contributed by atoms with van der Waals surface area (Å²) >= 11 is 0. The van der Waals surface area contributed by atoms with Gasteiger partial charge in [0.25, 0.3) is 5.91 Å². The van der Waals surface area contributed by atoms with Crippen LogP contribution < -0.4 is 10.1 Å². The predicted molar refractivity (Wildman–Crippen MR) is 94.7 cm³/mol. The number of carbonyl (C=O) groups excluding carboxylic acids is 2. The zero-order chi connectivity index (χ0) is 19.1. The smallest absolute Gasteiger partial charge is 0.310 e. The van der Waals surface area contributed by atoms with Crippen LogP contribution in [-0.2, 0) is 27.4 Å². The standard InChI is InChI=1S/C19H24N2O5/c1-12(2)20-18(22)11-25-19(23)9-15-5-7-16(8-6-15)24-10-17-13(3)21-26-14(17)4/h5-8,12H,9-11H2,1-4H3,(H,20,22). The van der Waals surface area contributed by atoms with Gasteiger partial charge in [-0.3, -0.25) is 9.59 Å². The molecule has 0 unspecified atom stereocenters. The Hall–Kier alpha value is -2.83. The Morgan fingerprint density at radius 2 is 1.88 bits per heavy atom. The summed E-state index contributed by atoms with van der Waals surface area (Å²) in [5.74, 6) is 0.659. The molecule has 0 aliphatic rings. The van der Waals surface area contributed by atoms with Crippen molar-refractivity contribution in [1.29, 1.82) is 0 Å². The average molecular weight is 360 g/mol. The largest absolute Gasteiger partial charge is 0.489 e. The number of amides is 1. The molecule has 0 aliphatic carbocycles. The molecule has 26 heavy (non-hydrogen) atoms. The minimum absolute atomic E-state index is 0.0131. The van der Waals surface area contributed by atoms with Gasteiger partial charge in [-0.2, -0.15) is 0 Å². The Morgan fingerprint density at radius 3 is 2.46 bits per heavy atom. The van der Waals surface area contributed by atoms with E-state index in [1.807, 2.05) is 27.7 Å². The minimum atomic E-state index is -0.451. The molecule has 0 saturated carbocycles. The van der Waals surface area contributed by atoms with Gasteiger partial charge in [-0.25, -0.2) is 0 Å². The van der Waals surface area contributed by atoms with Crippen LogP contribution in [0.3, 0.4) is 0 Å². The van der Waals surface area contributed by atoms with Crippen molar-refractivity contribution >= 4 is 11.9 Å². The number of hydrogen-bond acceptors (Lipinski definition) is 6. The monoisotopic (exact) mass is 360 g/mol. The summed E-state index contributed by atoms with van der Waals surface area (Å²) < 4.78 is 15.8. The average Bonchev–Trinajstić information content (AvgIpc) is 2.90. The first kappa shape index (κ1) is 19.5. The molecule has 1 aromatic carbocycles. The zero-order valence-corrected chi connectivity index (χ0v) is 15.5. The molecular formula is C19H24N2O5. The van der Waals surface area contributed by atoms with Crippen LogP contribution in [0.1, 0.15) is 36.4 Å². The fourth-order valence-corrected chi connectivity index (χ4v) is 2.29. The van der Waals surface area contributed by atoms with Gasteiger partial charge in [-0.1, -0.05) is 17.3 Å². The van der Waals surface area contributed by atoms with Gasteiger partial charge in [-0.05, 0) is 45.4 Å². The fraction of sp³-hybridized carbons (Fsp3) is 0.421. The van der Waals surface area contributed by atoms with Crippen molar-refractivity contribution in [3.8, 4) is 5.75 Å². The number of hydrogen-bond donors (Lipinski definition) is 1. The van der Waals surface area contributed by atoms with Gasteiger partial charge in [0.15, 0.2) is 6.61 Å². The second kappa shape index (κ2) is 9.03. The molecule has 0 aliphatic heterocycles. The van der Waals surface area contributed by atoms with Crippen molar-refractivity contribution in [2.75, 3.05) is 6.61 Å². The van der Waals surface area contributed by atoms with Crippen molar-refractivity contribution in [2.45, 2.75) is 46.8 Å². The number of esters is 1. The molecule has 1 heterocycles. The van der Waals surface area contributed by atoms with Crippen molar-refractivity contribution in [3.63, 3.8) is 0 Å². The molecule has 7 nitrogen and oxygen atoms in total. The van der Waals surface area contributed by atoms with E-state index in [2.05, 4.69) is 10.5 Å². The van der Waals surface area contributed by atoms with Crippen molar-refractivity contribution < 1.29 is 23.6 Å². The number of aromatic nitrogens is 1. The lowest BCUT2D eigenvalue weighted by molar-refractivity contribution is -0.148. The number of aryl methyl sites for hydroxylation is 2. The van der Waals surface area contributed by atoms with Gasteiger partial charge in [0.2, 0.25) is 0 Å². The highest BCUT2D eigenvalue weighted by molar-refractivity contribution is 5.81. The Balaban J connectivity index is 1.80. The molecule has 0 spiro atoms. The van der Waals surface area contributed by atoms with Gasteiger partial charge in [0.1, 0.15) is 18.1 Å². The van der Waals surface area contributed by atoms with Crippen LogP contribution in [-0.4, -0.2) is 29.7 Å². The highest BCUT2D eigenvalue weighted by Crippen LogP contribution is 2.18. The lowest BCUT2D eigenvalue weighted by Crippen LogP contribution is -2.34. The fourth-order valence-electron chi connectivity index (χ4n) is 2.29. The summed E-state index contributed by atoms with van der Waals surface area (Å²) in [6.07, 6.45) is 0.0963. The van der Waals surface area contributed by atoms with Crippen LogP contribution in [0, 0.1) is 13.8 Å². The molecule has 2 aromatic rings. The number of rotatable bonds is 8. The summed E-state index contributed by atoms with van der Waals surface area (Å²) in [6, 6.07) is 7.16. The van der Waals surface area contributed by atoms with Crippen molar-refractivity contribution in [1.82, 2.24) is 10.5 Å². The number of nitrogens with one attached hydrogen (secondary N) is 1. The van der Waals surface area contributed by atoms with E-state index in [0.29, 0.717) is 12.4 Å². The van der Waals surface area contributed by atoms with Crippen molar-refractivity contribution in [3.05, 3.63) is 46.8 Å². The van der Waals surface area contributed by atoms with Gasteiger partial charge in [-0.15, -0.1) is 0 Å². The molecule has 2 rings (SSSR count). The number of carbonyl (C=O) groups is 2. The summed E-state index contributed by atoms with van der Waals surface area (Å²) in [6.45, 7) is 7.49. The Bertz CT molecular complexity index is 730. The predicted octanol–water partition coefficient (Wildman–Crippen LogP) is 2.48. The van der Waals surface area contributed by atoms with Crippen LogP contribution in [0.4, 0.5) is 0 Å². The van der Waals surface area contributed by atoms with E-state index in [0.717, 1.165) is 22.6 Å².